The van der Waals surface area contributed by atoms with E-state index in [0.29, 0.717) is 17.5 Å². The Morgan fingerprint density at radius 2 is 0.963 bits per heavy atom. The fourth-order valence-electron chi connectivity index (χ4n) is 6.95. The predicted octanol–water partition coefficient (Wildman–Crippen LogP) is 13.2. The number of nitrogens with zero attached hydrogens (tertiary/aromatic N) is 3. The van der Waals surface area contributed by atoms with Crippen molar-refractivity contribution >= 4 is 16.7 Å². The number of benzene rings is 6. The highest BCUT2D eigenvalue weighted by atomic mass is 15.0. The van der Waals surface area contributed by atoms with E-state index in [2.05, 4.69) is 153 Å². The van der Waals surface area contributed by atoms with Crippen molar-refractivity contribution in [3.8, 4) is 56.2 Å². The van der Waals surface area contributed by atoms with Crippen LogP contribution >= 0.6 is 0 Å². The van der Waals surface area contributed by atoms with Crippen molar-refractivity contribution in [1.29, 1.82) is 0 Å². The quantitative estimate of drug-likeness (QED) is 0.134. The molecule has 6 aromatic carbocycles. The van der Waals surface area contributed by atoms with Crippen LogP contribution in [0, 0.1) is 0 Å². The number of hydrogen-bond acceptors (Lipinski definition) is 3. The highest BCUT2D eigenvalue weighted by Crippen LogP contribution is 2.37. The highest BCUT2D eigenvalue weighted by molar-refractivity contribution is 5.90. The Labute approximate surface area is 317 Å². The Kier molecular flexibility index (Phi) is 9.94. The molecule has 1 aliphatic carbocycles. The van der Waals surface area contributed by atoms with E-state index in [4.69, 9.17) is 15.0 Å². The second kappa shape index (κ2) is 15.7. The van der Waals surface area contributed by atoms with Gasteiger partial charge in [0.2, 0.25) is 0 Å². The molecule has 0 N–H and O–H groups in total. The van der Waals surface area contributed by atoms with Gasteiger partial charge in [-0.3, -0.25) is 0 Å². The van der Waals surface area contributed by atoms with Crippen molar-refractivity contribution in [2.45, 2.75) is 12.8 Å². The number of hydrogen-bond donors (Lipinski definition) is 0. The predicted molar refractivity (Wildman–Crippen MR) is 227 cm³/mol. The first-order chi connectivity index (χ1) is 26.6. The van der Waals surface area contributed by atoms with Crippen LogP contribution in [0.25, 0.3) is 72.9 Å². The summed E-state index contributed by atoms with van der Waals surface area (Å²) in [6.45, 7) is 7.90. The molecular formula is C51H39N3. The number of rotatable bonds is 10. The molecule has 0 atom stereocenters. The molecule has 0 radical (unpaired) electrons. The van der Waals surface area contributed by atoms with Gasteiger partial charge in [0.25, 0.3) is 0 Å². The van der Waals surface area contributed by atoms with Gasteiger partial charge in [0.15, 0.2) is 17.5 Å². The first kappa shape index (κ1) is 34.1. The SMILES string of the molecule is C=C/C=C(\C=C)c1nc(-c2ccccc2)nc(-c2cccc(-c3cc(C4=CCCC(c5ccccc5)=C4)cc(-c4ccc(-c5ccccc5)cc4)c3)c2)n1. The van der Waals surface area contributed by atoms with Gasteiger partial charge in [0.05, 0.1) is 0 Å². The standard InChI is InChI=1S/C51H39N3/c1-3-16-36(4-2)49-52-50(41-21-12-7-13-22-41)54-51(53-49)45-26-15-25-44(32-45)48-34-46(40-29-27-39(28-30-40)37-17-8-5-9-18-37)33-47(35-48)43-24-14-23-42(31-43)38-19-10-6-11-20-38/h3-13,15-22,24-35H,1-2,14,23H2/b36-16+. The minimum absolute atomic E-state index is 0.549. The van der Waals surface area contributed by atoms with Crippen molar-refractivity contribution in [2.75, 3.05) is 0 Å². The largest absolute Gasteiger partial charge is 0.208 e. The maximum Gasteiger partial charge on any atom is 0.164 e. The molecule has 0 spiro atoms. The monoisotopic (exact) mass is 693 g/mol. The van der Waals surface area contributed by atoms with E-state index < -0.39 is 0 Å². The smallest absolute Gasteiger partial charge is 0.164 e. The van der Waals surface area contributed by atoms with E-state index in [1.807, 2.05) is 36.4 Å². The molecule has 0 saturated heterocycles. The van der Waals surface area contributed by atoms with Gasteiger partial charge >= 0.3 is 0 Å². The second-order valence-corrected chi connectivity index (χ2v) is 13.3. The minimum atomic E-state index is 0.549. The zero-order valence-electron chi connectivity index (χ0n) is 30.1. The molecule has 0 fully saturated rings. The zero-order chi connectivity index (χ0) is 36.7. The van der Waals surface area contributed by atoms with Crippen molar-refractivity contribution in [2.24, 2.45) is 0 Å². The molecule has 258 valence electrons. The Bertz CT molecular complexity index is 2540. The van der Waals surface area contributed by atoms with Crippen LogP contribution in [-0.2, 0) is 0 Å². The lowest BCUT2D eigenvalue weighted by Gasteiger charge is -2.17. The van der Waals surface area contributed by atoms with Gasteiger partial charge in [-0.2, -0.15) is 0 Å². The van der Waals surface area contributed by atoms with E-state index in [-0.39, 0.29) is 0 Å². The molecule has 3 heteroatoms. The Morgan fingerprint density at radius 3 is 1.61 bits per heavy atom. The maximum atomic E-state index is 4.99. The molecule has 0 saturated carbocycles. The van der Waals surface area contributed by atoms with E-state index >= 15 is 0 Å². The van der Waals surface area contributed by atoms with Gasteiger partial charge in [-0.15, -0.1) is 0 Å². The second-order valence-electron chi connectivity index (χ2n) is 13.3. The normalized spacial score (nSPS) is 12.8. The average Bonchev–Trinajstić information content (AvgIpc) is 3.26. The van der Waals surface area contributed by atoms with Gasteiger partial charge in [-0.1, -0.05) is 177 Å². The summed E-state index contributed by atoms with van der Waals surface area (Å²) in [6.07, 6.45) is 12.1. The van der Waals surface area contributed by atoms with Crippen molar-refractivity contribution in [3.05, 3.63) is 218 Å². The molecule has 0 amide bonds. The van der Waals surface area contributed by atoms with Crippen LogP contribution in [0.4, 0.5) is 0 Å². The third-order valence-electron chi connectivity index (χ3n) is 9.74. The maximum absolute atomic E-state index is 4.99. The summed E-state index contributed by atoms with van der Waals surface area (Å²) in [7, 11) is 0. The minimum Gasteiger partial charge on any atom is -0.208 e. The summed E-state index contributed by atoms with van der Waals surface area (Å²) in [5.41, 5.74) is 14.6. The summed E-state index contributed by atoms with van der Waals surface area (Å²) in [5.74, 6) is 1.75. The molecule has 0 unspecified atom stereocenters. The van der Waals surface area contributed by atoms with Crippen molar-refractivity contribution < 1.29 is 0 Å². The summed E-state index contributed by atoms with van der Waals surface area (Å²) >= 11 is 0. The van der Waals surface area contributed by atoms with Gasteiger partial charge in [-0.25, -0.2) is 15.0 Å². The Balaban J connectivity index is 1.25. The van der Waals surface area contributed by atoms with Gasteiger partial charge in [-0.05, 0) is 92.8 Å². The van der Waals surface area contributed by atoms with Gasteiger partial charge < -0.3 is 0 Å². The summed E-state index contributed by atoms with van der Waals surface area (Å²) in [5, 5.41) is 0. The van der Waals surface area contributed by atoms with Crippen LogP contribution in [-0.4, -0.2) is 15.0 Å². The van der Waals surface area contributed by atoms with E-state index in [1.165, 1.54) is 33.4 Å². The topological polar surface area (TPSA) is 38.7 Å². The van der Waals surface area contributed by atoms with E-state index in [9.17, 15) is 0 Å². The highest BCUT2D eigenvalue weighted by Gasteiger charge is 2.16. The van der Waals surface area contributed by atoms with Gasteiger partial charge in [0.1, 0.15) is 0 Å². The first-order valence-corrected chi connectivity index (χ1v) is 18.3. The lowest BCUT2D eigenvalue weighted by Crippen LogP contribution is -2.02. The molecule has 1 aromatic heterocycles. The van der Waals surface area contributed by atoms with Gasteiger partial charge in [0, 0.05) is 16.7 Å². The zero-order valence-corrected chi connectivity index (χ0v) is 30.1. The Morgan fingerprint density at radius 1 is 0.463 bits per heavy atom. The molecule has 0 aliphatic heterocycles. The molecule has 8 rings (SSSR count). The van der Waals surface area contributed by atoms with Crippen molar-refractivity contribution in [3.63, 3.8) is 0 Å². The summed E-state index contributed by atoms with van der Waals surface area (Å²) in [6, 6.07) is 55.6. The van der Waals surface area contributed by atoms with Crippen LogP contribution in [0.2, 0.25) is 0 Å². The molecule has 0 bridgehead atoms. The summed E-state index contributed by atoms with van der Waals surface area (Å²) in [4.78, 5) is 14.8. The third-order valence-corrected chi connectivity index (χ3v) is 9.74. The van der Waals surface area contributed by atoms with Crippen LogP contribution < -0.4 is 0 Å². The molecule has 1 heterocycles. The fraction of sp³-hybridized carbons (Fsp3) is 0.0392. The first-order valence-electron chi connectivity index (χ1n) is 18.3. The Hall–Kier alpha value is -6.97. The number of allylic oxidation sites excluding steroid dienone is 8. The van der Waals surface area contributed by atoms with E-state index in [0.717, 1.165) is 51.8 Å². The van der Waals surface area contributed by atoms with Crippen LogP contribution in [0.1, 0.15) is 29.8 Å². The average molecular weight is 694 g/mol. The molecule has 3 nitrogen and oxygen atoms in total. The van der Waals surface area contributed by atoms with Crippen LogP contribution in [0.5, 0.6) is 0 Å². The lowest BCUT2D eigenvalue weighted by molar-refractivity contribution is 1.04. The van der Waals surface area contributed by atoms with Crippen LogP contribution in [0.3, 0.4) is 0 Å². The van der Waals surface area contributed by atoms with Crippen LogP contribution in [0.15, 0.2) is 201 Å². The molecular weight excluding hydrogens is 655 g/mol. The van der Waals surface area contributed by atoms with Crippen molar-refractivity contribution in [1.82, 2.24) is 15.0 Å². The lowest BCUT2D eigenvalue weighted by atomic mass is 9.87. The summed E-state index contributed by atoms with van der Waals surface area (Å²) < 4.78 is 0. The third kappa shape index (κ3) is 7.48. The molecule has 54 heavy (non-hydrogen) atoms. The molecule has 1 aliphatic rings. The molecule has 7 aromatic rings. The fourth-order valence-corrected chi connectivity index (χ4v) is 6.95. The van der Waals surface area contributed by atoms with E-state index in [1.54, 1.807) is 12.2 Å². The number of aromatic nitrogens is 3.